The van der Waals surface area contributed by atoms with Crippen LogP contribution in [0.4, 0.5) is 5.69 Å². The second-order valence-electron chi connectivity index (χ2n) is 15.2. The van der Waals surface area contributed by atoms with E-state index in [1.807, 2.05) is 0 Å². The lowest BCUT2D eigenvalue weighted by Crippen LogP contribution is -2.55. The van der Waals surface area contributed by atoms with Crippen LogP contribution in [-0.2, 0) is 20.4 Å². The number of carbonyl (C=O) groups is 2. The molecule has 1 heterocycles. The lowest BCUT2D eigenvalue weighted by molar-refractivity contribution is -0.127. The average molecular weight is 505 g/mol. The predicted octanol–water partition coefficient (Wildman–Crippen LogP) is 7.49. The van der Waals surface area contributed by atoms with Crippen molar-refractivity contribution < 1.29 is 9.59 Å². The van der Waals surface area contributed by atoms with E-state index in [4.69, 9.17) is 4.99 Å². The van der Waals surface area contributed by atoms with Gasteiger partial charge in [0, 0.05) is 42.1 Å². The molecule has 1 amide bonds. The summed E-state index contributed by atoms with van der Waals surface area (Å²) in [5.74, 6) is 2.27. The summed E-state index contributed by atoms with van der Waals surface area (Å²) in [6, 6.07) is 6.65. The highest BCUT2D eigenvalue weighted by Crippen LogP contribution is 2.63. The van der Waals surface area contributed by atoms with Gasteiger partial charge in [0.05, 0.1) is 0 Å². The normalized spacial score (nSPS) is 35.8. The molecule has 1 N–H and O–H groups in total. The zero-order valence-corrected chi connectivity index (χ0v) is 24.5. The molecule has 3 unspecified atom stereocenters. The maximum Gasteiger partial charge on any atom is 0.228 e. The van der Waals surface area contributed by atoms with Gasteiger partial charge in [-0.2, -0.15) is 0 Å². The Balaban J connectivity index is 1.40. The van der Waals surface area contributed by atoms with Crippen LogP contribution in [-0.4, -0.2) is 23.9 Å². The molecular formula is C33H48N2O2. The van der Waals surface area contributed by atoms with Crippen LogP contribution < -0.4 is 5.32 Å². The van der Waals surface area contributed by atoms with Crippen molar-refractivity contribution in [1.82, 2.24) is 0 Å². The number of amides is 1. The van der Waals surface area contributed by atoms with Crippen molar-refractivity contribution in [3.05, 3.63) is 29.3 Å². The third-order valence-electron chi connectivity index (χ3n) is 11.0. The molecular weight excluding hydrogens is 456 g/mol. The van der Waals surface area contributed by atoms with E-state index in [0.717, 1.165) is 44.3 Å². The molecule has 3 saturated carbocycles. The van der Waals surface area contributed by atoms with E-state index in [2.05, 4.69) is 78.9 Å². The van der Waals surface area contributed by atoms with Crippen LogP contribution in [0.5, 0.6) is 0 Å². The number of fused-ring (bicyclic) bond motifs is 5. The van der Waals surface area contributed by atoms with Gasteiger partial charge in [0.15, 0.2) is 0 Å². The van der Waals surface area contributed by atoms with E-state index in [9.17, 15) is 9.59 Å². The number of nitrogens with one attached hydrogen (secondary N) is 1. The highest BCUT2D eigenvalue weighted by atomic mass is 16.2. The summed E-state index contributed by atoms with van der Waals surface area (Å²) >= 11 is 0. The van der Waals surface area contributed by atoms with Crippen molar-refractivity contribution in [2.45, 2.75) is 111 Å². The maximum atomic E-state index is 14.0. The lowest BCUT2D eigenvalue weighted by Gasteiger charge is -2.56. The molecule has 0 radical (unpaired) electrons. The molecule has 1 aliphatic heterocycles. The lowest BCUT2D eigenvalue weighted by atomic mass is 9.49. The molecule has 4 heteroatoms. The molecule has 1 aromatic carbocycles. The molecule has 4 aliphatic rings. The molecule has 6 atom stereocenters. The fourth-order valence-corrected chi connectivity index (χ4v) is 8.62. The van der Waals surface area contributed by atoms with E-state index in [1.165, 1.54) is 16.8 Å². The quantitative estimate of drug-likeness (QED) is 0.453. The number of nitrogens with zero attached hydrogens (tertiary/aromatic N) is 1. The maximum absolute atomic E-state index is 14.0. The molecule has 0 saturated heterocycles. The number of hydrogen-bond donors (Lipinski definition) is 1. The highest BCUT2D eigenvalue weighted by molar-refractivity contribution is 6.07. The van der Waals surface area contributed by atoms with Gasteiger partial charge in [0.2, 0.25) is 5.91 Å². The average Bonchev–Trinajstić information content (AvgIpc) is 3.15. The first-order valence-corrected chi connectivity index (χ1v) is 14.7. The van der Waals surface area contributed by atoms with Gasteiger partial charge in [-0.15, -0.1) is 0 Å². The third-order valence-corrected chi connectivity index (χ3v) is 11.0. The number of Topliss-reactive ketones (excluding diaryl/α,β-unsaturated/α-hetero) is 1. The van der Waals surface area contributed by atoms with Crippen LogP contribution in [0, 0.1) is 34.5 Å². The summed E-state index contributed by atoms with van der Waals surface area (Å²) in [6.07, 6.45) is 6.56. The number of aliphatic imine (C=N–C) groups is 1. The molecule has 4 nitrogen and oxygen atoms in total. The molecule has 5 rings (SSSR count). The molecule has 0 bridgehead atoms. The summed E-state index contributed by atoms with van der Waals surface area (Å²) in [7, 11) is 0. The molecule has 1 aromatic rings. The van der Waals surface area contributed by atoms with E-state index in [-0.39, 0.29) is 33.5 Å². The van der Waals surface area contributed by atoms with Crippen molar-refractivity contribution in [2.24, 2.45) is 39.5 Å². The number of ketones is 1. The second-order valence-corrected chi connectivity index (χ2v) is 15.2. The Bertz CT molecular complexity index is 1140. The summed E-state index contributed by atoms with van der Waals surface area (Å²) in [5.41, 5.74) is 4.68. The fraction of sp³-hybridized carbons (Fsp3) is 0.727. The molecule has 0 spiro atoms. The van der Waals surface area contributed by atoms with Crippen molar-refractivity contribution >= 4 is 23.1 Å². The zero-order chi connectivity index (χ0) is 27.0. The summed E-state index contributed by atoms with van der Waals surface area (Å²) in [5, 5.41) is 3.46. The minimum Gasteiger partial charge on any atom is -0.326 e. The van der Waals surface area contributed by atoms with Crippen LogP contribution in [0.15, 0.2) is 23.2 Å². The van der Waals surface area contributed by atoms with E-state index >= 15 is 0 Å². The van der Waals surface area contributed by atoms with Crippen LogP contribution in [0.25, 0.3) is 0 Å². The van der Waals surface area contributed by atoms with Gasteiger partial charge in [-0.25, -0.2) is 0 Å². The molecule has 202 valence electrons. The first kappa shape index (κ1) is 26.6. The predicted molar refractivity (Wildman–Crippen MR) is 152 cm³/mol. The van der Waals surface area contributed by atoms with Gasteiger partial charge in [-0.3, -0.25) is 14.6 Å². The summed E-state index contributed by atoms with van der Waals surface area (Å²) in [4.78, 5) is 31.2. The van der Waals surface area contributed by atoms with Crippen LogP contribution >= 0.6 is 0 Å². The molecule has 37 heavy (non-hydrogen) atoms. The fourth-order valence-electron chi connectivity index (χ4n) is 8.62. The summed E-state index contributed by atoms with van der Waals surface area (Å²) in [6.45, 7) is 19.0. The van der Waals surface area contributed by atoms with Crippen molar-refractivity contribution in [3.8, 4) is 0 Å². The van der Waals surface area contributed by atoms with Crippen molar-refractivity contribution in [3.63, 3.8) is 0 Å². The Morgan fingerprint density at radius 2 is 1.70 bits per heavy atom. The minimum absolute atomic E-state index is 0.0165. The largest absolute Gasteiger partial charge is 0.326 e. The highest BCUT2D eigenvalue weighted by Gasteiger charge is 2.60. The zero-order valence-electron chi connectivity index (χ0n) is 24.5. The van der Waals surface area contributed by atoms with Crippen LogP contribution in [0.2, 0.25) is 0 Å². The van der Waals surface area contributed by atoms with E-state index in [1.54, 1.807) is 0 Å². The molecule has 3 fully saturated rings. The van der Waals surface area contributed by atoms with Gasteiger partial charge >= 0.3 is 0 Å². The monoisotopic (exact) mass is 504 g/mol. The Hall–Kier alpha value is -1.97. The SMILES string of the molecule is CC(C)(C)c1ccc(C(C)(C)C)c(NC(=O)[C@H]2CCC3C4CN=C5CC(=O)CC[C@]5(C)C4CC[C@@]32C)c1. The van der Waals surface area contributed by atoms with E-state index < -0.39 is 0 Å². The van der Waals surface area contributed by atoms with Crippen LogP contribution in [0.3, 0.4) is 0 Å². The van der Waals surface area contributed by atoms with Gasteiger partial charge in [0.1, 0.15) is 5.78 Å². The second kappa shape index (κ2) is 8.78. The Morgan fingerprint density at radius 1 is 0.973 bits per heavy atom. The molecule has 0 aromatic heterocycles. The first-order valence-electron chi connectivity index (χ1n) is 14.7. The van der Waals surface area contributed by atoms with Gasteiger partial charge in [-0.05, 0) is 83.3 Å². The Labute approximate surface area is 224 Å². The number of anilines is 1. The number of carbonyl (C=O) groups excluding carboxylic acids is 2. The standard InChI is InChI=1S/C33H48N2O2/c1-30(2,3)20-9-10-25(31(4,5)6)27(17-20)35-29(37)26-12-11-23-22-19-34-28-18-21(36)13-15-33(28,8)24(22)14-16-32(23,26)7/h9-10,17,22-24,26H,11-16,18-19H2,1-8H3,(H,35,37)/t22?,23?,24?,26-,32+,33-/m1/s1. The third kappa shape index (κ3) is 4.40. The summed E-state index contributed by atoms with van der Waals surface area (Å²) < 4.78 is 0. The van der Waals surface area contributed by atoms with Gasteiger partial charge in [0.25, 0.3) is 0 Å². The Morgan fingerprint density at radius 3 is 2.38 bits per heavy atom. The number of benzene rings is 1. The van der Waals surface area contributed by atoms with Crippen molar-refractivity contribution in [2.75, 3.05) is 11.9 Å². The number of rotatable bonds is 2. The topological polar surface area (TPSA) is 58.5 Å². The molecule has 3 aliphatic carbocycles. The number of hydrogen-bond acceptors (Lipinski definition) is 3. The first-order chi connectivity index (χ1) is 17.1. The van der Waals surface area contributed by atoms with Crippen LogP contribution in [0.1, 0.15) is 111 Å². The smallest absolute Gasteiger partial charge is 0.228 e. The van der Waals surface area contributed by atoms with Crippen molar-refractivity contribution in [1.29, 1.82) is 0 Å². The van der Waals surface area contributed by atoms with E-state index in [0.29, 0.717) is 36.4 Å². The Kier molecular flexibility index (Phi) is 6.32. The minimum atomic E-state index is -0.0478. The van der Waals surface area contributed by atoms with Gasteiger partial charge in [-0.1, -0.05) is 67.5 Å². The van der Waals surface area contributed by atoms with Gasteiger partial charge < -0.3 is 5.32 Å².